The maximum absolute atomic E-state index is 13.0. The van der Waals surface area contributed by atoms with Crippen molar-refractivity contribution < 1.29 is 19.4 Å². The lowest BCUT2D eigenvalue weighted by Crippen LogP contribution is -2.34. The third kappa shape index (κ3) is 7.45. The lowest BCUT2D eigenvalue weighted by molar-refractivity contribution is -0.147. The van der Waals surface area contributed by atoms with Crippen molar-refractivity contribution in [1.82, 2.24) is 0 Å². The highest BCUT2D eigenvalue weighted by Crippen LogP contribution is 2.33. The fourth-order valence-corrected chi connectivity index (χ4v) is 3.25. The van der Waals surface area contributed by atoms with Gasteiger partial charge in [0, 0.05) is 13.3 Å². The number of allylic oxidation sites excluding steroid dienone is 3. The van der Waals surface area contributed by atoms with Crippen LogP contribution in [0.25, 0.3) is 0 Å². The fraction of sp³-hybridized carbons (Fsp3) is 0.727. The van der Waals surface area contributed by atoms with Crippen molar-refractivity contribution in [3.05, 3.63) is 23.8 Å². The highest BCUT2D eigenvalue weighted by molar-refractivity contribution is 5.86. The second kappa shape index (κ2) is 9.50. The zero-order valence-corrected chi connectivity index (χ0v) is 17.3. The molecule has 4 nitrogen and oxygen atoms in total. The maximum Gasteiger partial charge on any atom is 0.302 e. The first-order chi connectivity index (χ1) is 11.9. The van der Waals surface area contributed by atoms with Gasteiger partial charge in [0.25, 0.3) is 0 Å². The summed E-state index contributed by atoms with van der Waals surface area (Å²) >= 11 is 0. The molecular weight excluding hydrogens is 328 g/mol. The highest BCUT2D eigenvalue weighted by atomic mass is 16.5. The number of Topliss-reactive ketones (excluding diaryl/α,β-unsaturated/α-hetero) is 1. The fourth-order valence-electron chi connectivity index (χ4n) is 3.25. The van der Waals surface area contributed by atoms with E-state index >= 15 is 0 Å². The molecule has 26 heavy (non-hydrogen) atoms. The molecule has 148 valence electrons. The van der Waals surface area contributed by atoms with Crippen molar-refractivity contribution in [3.63, 3.8) is 0 Å². The second-order valence-corrected chi connectivity index (χ2v) is 8.69. The Morgan fingerprint density at radius 1 is 1.35 bits per heavy atom. The number of ketones is 1. The van der Waals surface area contributed by atoms with Gasteiger partial charge in [-0.2, -0.15) is 0 Å². The lowest BCUT2D eigenvalue weighted by atomic mass is 9.76. The average molecular weight is 365 g/mol. The highest BCUT2D eigenvalue weighted by Gasteiger charge is 2.35. The lowest BCUT2D eigenvalue weighted by Gasteiger charge is -2.30. The molecule has 0 aromatic carbocycles. The van der Waals surface area contributed by atoms with Crippen LogP contribution in [-0.4, -0.2) is 29.1 Å². The van der Waals surface area contributed by atoms with Crippen molar-refractivity contribution in [3.8, 4) is 0 Å². The van der Waals surface area contributed by atoms with E-state index in [1.54, 1.807) is 0 Å². The van der Waals surface area contributed by atoms with Crippen molar-refractivity contribution >= 4 is 11.8 Å². The number of esters is 1. The Hall–Kier alpha value is -1.42. The third-order valence-electron chi connectivity index (χ3n) is 5.44. The molecule has 1 aliphatic rings. The van der Waals surface area contributed by atoms with Crippen LogP contribution in [0.1, 0.15) is 73.6 Å². The van der Waals surface area contributed by atoms with Gasteiger partial charge in [-0.1, -0.05) is 37.6 Å². The summed E-state index contributed by atoms with van der Waals surface area (Å²) in [4.78, 5) is 24.2. The van der Waals surface area contributed by atoms with Gasteiger partial charge in [0.05, 0.1) is 11.0 Å². The molecule has 0 saturated carbocycles. The third-order valence-corrected chi connectivity index (χ3v) is 5.44. The Bertz CT molecular complexity index is 556. The Kier molecular flexibility index (Phi) is 8.26. The molecule has 0 fully saturated rings. The van der Waals surface area contributed by atoms with E-state index in [0.29, 0.717) is 25.2 Å². The van der Waals surface area contributed by atoms with E-state index < -0.39 is 11.0 Å². The largest absolute Gasteiger partial charge is 0.465 e. The summed E-state index contributed by atoms with van der Waals surface area (Å²) in [6.07, 6.45) is 9.22. The Morgan fingerprint density at radius 3 is 2.58 bits per heavy atom. The van der Waals surface area contributed by atoms with Gasteiger partial charge in [0.15, 0.2) is 0 Å². The first-order valence-corrected chi connectivity index (χ1v) is 9.69. The van der Waals surface area contributed by atoms with E-state index in [9.17, 15) is 14.7 Å². The van der Waals surface area contributed by atoms with Crippen molar-refractivity contribution in [1.29, 1.82) is 0 Å². The van der Waals surface area contributed by atoms with Gasteiger partial charge >= 0.3 is 5.97 Å². The molecule has 0 radical (unpaired) electrons. The average Bonchev–Trinajstić information content (AvgIpc) is 2.51. The molecule has 0 saturated heterocycles. The maximum atomic E-state index is 13.0. The molecular formula is C22H36O4. The minimum atomic E-state index is -0.844. The molecule has 0 spiro atoms. The summed E-state index contributed by atoms with van der Waals surface area (Å²) in [7, 11) is 0. The Morgan fingerprint density at radius 2 is 2.00 bits per heavy atom. The summed E-state index contributed by atoms with van der Waals surface area (Å²) in [6.45, 7) is 11.5. The predicted molar refractivity (Wildman–Crippen MR) is 105 cm³/mol. The molecule has 0 aliphatic heterocycles. The normalized spacial score (nSPS) is 34.8. The number of hydrogen-bond acceptors (Lipinski definition) is 4. The molecule has 0 amide bonds. The van der Waals surface area contributed by atoms with Crippen molar-refractivity contribution in [2.75, 3.05) is 6.61 Å². The number of hydrogen-bond donors (Lipinski definition) is 1. The number of carbonyl (C=O) groups is 2. The summed E-state index contributed by atoms with van der Waals surface area (Å²) < 4.78 is 5.23. The van der Waals surface area contributed by atoms with Gasteiger partial charge < -0.3 is 9.84 Å². The van der Waals surface area contributed by atoms with E-state index in [2.05, 4.69) is 19.9 Å². The van der Waals surface area contributed by atoms with Crippen LogP contribution in [0.4, 0.5) is 0 Å². The van der Waals surface area contributed by atoms with Crippen LogP contribution in [0, 0.1) is 17.3 Å². The standard InChI is InChI=1S/C22H36O4/c1-16(2)19-9-12-21(5,15-26-18(4)23)20(24)14-17(3)8-7-11-22(6,25)13-10-19/h8,10,13,16,19,25H,7,9,11-12,14-15H2,1-6H3/b13-10+,17-8+/t19-,21-,22-/m1/s1. The van der Waals surface area contributed by atoms with Crippen LogP contribution in [0.5, 0.6) is 0 Å². The van der Waals surface area contributed by atoms with E-state index in [1.807, 2.05) is 32.9 Å². The van der Waals surface area contributed by atoms with Crippen molar-refractivity contribution in [2.45, 2.75) is 79.2 Å². The SMILES string of the molecule is CC(=O)OC[C@@]1(C)CC[C@@H](C(C)C)/C=C/[C@](C)(O)CC/C=C(\C)CC1=O. The van der Waals surface area contributed by atoms with Gasteiger partial charge in [-0.25, -0.2) is 0 Å². The van der Waals surface area contributed by atoms with Gasteiger partial charge in [-0.15, -0.1) is 0 Å². The molecule has 1 aliphatic carbocycles. The summed E-state index contributed by atoms with van der Waals surface area (Å²) in [5.41, 5.74) is -0.523. The predicted octanol–water partition coefficient (Wildman–Crippen LogP) is 4.61. The van der Waals surface area contributed by atoms with Gasteiger partial charge in [0.2, 0.25) is 0 Å². The zero-order valence-electron chi connectivity index (χ0n) is 17.3. The molecule has 3 atom stereocenters. The summed E-state index contributed by atoms with van der Waals surface area (Å²) in [6, 6.07) is 0. The van der Waals surface area contributed by atoms with Crippen molar-refractivity contribution in [2.24, 2.45) is 17.3 Å². The van der Waals surface area contributed by atoms with Crippen LogP contribution in [0.3, 0.4) is 0 Å². The quantitative estimate of drug-likeness (QED) is 0.586. The Balaban J connectivity index is 3.13. The minimum Gasteiger partial charge on any atom is -0.465 e. The number of carbonyl (C=O) groups excluding carboxylic acids is 2. The molecule has 0 bridgehead atoms. The smallest absolute Gasteiger partial charge is 0.302 e. The first kappa shape index (κ1) is 22.6. The zero-order chi connectivity index (χ0) is 20.0. The monoisotopic (exact) mass is 364 g/mol. The molecule has 0 heterocycles. The molecule has 0 aromatic rings. The first-order valence-electron chi connectivity index (χ1n) is 9.69. The number of rotatable bonds is 3. The minimum absolute atomic E-state index is 0.116. The Labute approximate surface area is 158 Å². The van der Waals surface area contributed by atoms with Crippen LogP contribution >= 0.6 is 0 Å². The molecule has 1 N–H and O–H groups in total. The number of ether oxygens (including phenoxy) is 1. The molecule has 1 rings (SSSR count). The van der Waals surface area contributed by atoms with E-state index in [1.165, 1.54) is 6.92 Å². The molecule has 0 aromatic heterocycles. The van der Waals surface area contributed by atoms with Crippen LogP contribution in [0.2, 0.25) is 0 Å². The van der Waals surface area contributed by atoms with Crippen LogP contribution < -0.4 is 0 Å². The second-order valence-electron chi connectivity index (χ2n) is 8.69. The van der Waals surface area contributed by atoms with E-state index in [0.717, 1.165) is 18.4 Å². The van der Waals surface area contributed by atoms with E-state index in [-0.39, 0.29) is 24.3 Å². The number of aliphatic hydroxyl groups is 1. The molecule has 4 heteroatoms. The van der Waals surface area contributed by atoms with Gasteiger partial charge in [-0.3, -0.25) is 9.59 Å². The summed E-state index contributed by atoms with van der Waals surface area (Å²) in [5, 5.41) is 10.6. The van der Waals surface area contributed by atoms with Crippen LogP contribution in [-0.2, 0) is 14.3 Å². The van der Waals surface area contributed by atoms with Crippen LogP contribution in [0.15, 0.2) is 23.8 Å². The van der Waals surface area contributed by atoms with E-state index in [4.69, 9.17) is 4.74 Å². The summed E-state index contributed by atoms with van der Waals surface area (Å²) in [5.74, 6) is 0.427. The van der Waals surface area contributed by atoms with Gasteiger partial charge in [-0.05, 0) is 58.3 Å². The topological polar surface area (TPSA) is 63.6 Å². The molecule has 0 unspecified atom stereocenters. The van der Waals surface area contributed by atoms with Gasteiger partial charge in [0.1, 0.15) is 12.4 Å².